The van der Waals surface area contributed by atoms with Gasteiger partial charge in [0.15, 0.2) is 6.04 Å². The van der Waals surface area contributed by atoms with Crippen molar-refractivity contribution in [3.8, 4) is 0 Å². The fourth-order valence-electron chi connectivity index (χ4n) is 0.385. The Hall–Kier alpha value is -0.730. The molecule has 4 heteroatoms. The fourth-order valence-corrected chi connectivity index (χ4v) is 0.512. The molecular formula is C5H7NO2S. The normalized spacial score (nSPS) is 11.7. The first-order chi connectivity index (χ1) is 4.22. The molecule has 0 fully saturated rings. The second-order valence-electron chi connectivity index (χ2n) is 1.48. The van der Waals surface area contributed by atoms with Gasteiger partial charge in [0, 0.05) is 0 Å². The maximum Gasteiger partial charge on any atom is 0.329 e. The first kappa shape index (κ1) is 8.27. The minimum Gasteiger partial charge on any atom is -0.480 e. The summed E-state index contributed by atoms with van der Waals surface area (Å²) in [4.78, 5) is 13.5. The molecule has 0 aromatic rings. The van der Waals surface area contributed by atoms with Crippen LogP contribution < -0.4 is 0 Å². The zero-order valence-electron chi connectivity index (χ0n) is 5.00. The van der Waals surface area contributed by atoms with E-state index in [0.29, 0.717) is 6.42 Å². The molecule has 0 spiro atoms. The summed E-state index contributed by atoms with van der Waals surface area (Å²) in [5.41, 5.74) is 0. The highest BCUT2D eigenvalue weighted by Gasteiger charge is 2.10. The van der Waals surface area contributed by atoms with Crippen molar-refractivity contribution in [2.24, 2.45) is 4.99 Å². The number of thiocarbonyl (C=S) groups is 1. The van der Waals surface area contributed by atoms with Gasteiger partial charge in [-0.05, 0) is 18.6 Å². The molecule has 0 aromatic heterocycles. The molecule has 0 radical (unpaired) electrons. The molecule has 50 valence electrons. The maximum atomic E-state index is 10.1. The van der Waals surface area contributed by atoms with Gasteiger partial charge in [0.25, 0.3) is 0 Å². The van der Waals surface area contributed by atoms with E-state index in [4.69, 9.17) is 5.11 Å². The summed E-state index contributed by atoms with van der Waals surface area (Å²) < 4.78 is 0. The van der Waals surface area contributed by atoms with Crippen LogP contribution in [0.5, 0.6) is 0 Å². The number of isothiocyanates is 1. The van der Waals surface area contributed by atoms with Crippen LogP contribution in [0.4, 0.5) is 0 Å². The zero-order valence-corrected chi connectivity index (χ0v) is 5.81. The van der Waals surface area contributed by atoms with Gasteiger partial charge < -0.3 is 5.11 Å². The van der Waals surface area contributed by atoms with Gasteiger partial charge >= 0.3 is 5.97 Å². The van der Waals surface area contributed by atoms with E-state index in [2.05, 4.69) is 17.2 Å². The second kappa shape index (κ2) is 4.18. The number of carbonyl (C=O) groups is 1. The van der Waals surface area contributed by atoms with Crippen molar-refractivity contribution in [1.82, 2.24) is 0 Å². The number of rotatable bonds is 3. The molecule has 0 saturated carbocycles. The Morgan fingerprint density at radius 1 is 2.00 bits per heavy atom. The van der Waals surface area contributed by atoms with Crippen molar-refractivity contribution in [2.75, 3.05) is 0 Å². The molecular weight excluding hydrogens is 138 g/mol. The van der Waals surface area contributed by atoms with Crippen LogP contribution in [0.1, 0.15) is 13.3 Å². The van der Waals surface area contributed by atoms with Gasteiger partial charge in [0.2, 0.25) is 0 Å². The summed E-state index contributed by atoms with van der Waals surface area (Å²) in [6.45, 7) is 1.73. The molecule has 0 aliphatic rings. The second-order valence-corrected chi connectivity index (χ2v) is 1.67. The zero-order chi connectivity index (χ0) is 7.28. The molecule has 1 N–H and O–H groups in total. The van der Waals surface area contributed by atoms with Crippen molar-refractivity contribution in [2.45, 2.75) is 19.4 Å². The van der Waals surface area contributed by atoms with Crippen LogP contribution in [0.25, 0.3) is 0 Å². The lowest BCUT2D eigenvalue weighted by molar-refractivity contribution is -0.138. The van der Waals surface area contributed by atoms with Gasteiger partial charge in [-0.1, -0.05) is 6.92 Å². The van der Waals surface area contributed by atoms with E-state index in [1.54, 1.807) is 6.92 Å². The molecule has 0 rings (SSSR count). The van der Waals surface area contributed by atoms with Crippen molar-refractivity contribution >= 4 is 23.3 Å². The maximum absolute atomic E-state index is 10.1. The number of aliphatic imine (C=N–C) groups is 1. The SMILES string of the molecule is CC[C@@H](N=C=S)C(=O)O. The van der Waals surface area contributed by atoms with Gasteiger partial charge in [0.05, 0.1) is 5.16 Å². The van der Waals surface area contributed by atoms with Crippen LogP contribution in [0.3, 0.4) is 0 Å². The molecule has 0 amide bonds. The molecule has 1 atom stereocenters. The van der Waals surface area contributed by atoms with Gasteiger partial charge in [-0.2, -0.15) is 0 Å². The van der Waals surface area contributed by atoms with E-state index in [-0.39, 0.29) is 0 Å². The molecule has 9 heavy (non-hydrogen) atoms. The number of aliphatic carboxylic acids is 1. The van der Waals surface area contributed by atoms with E-state index in [9.17, 15) is 4.79 Å². The van der Waals surface area contributed by atoms with Crippen LogP contribution in [0.15, 0.2) is 4.99 Å². The third-order valence-corrected chi connectivity index (χ3v) is 0.986. The average molecular weight is 145 g/mol. The summed E-state index contributed by atoms with van der Waals surface area (Å²) >= 11 is 4.23. The minimum atomic E-state index is -0.949. The van der Waals surface area contributed by atoms with Crippen molar-refractivity contribution in [3.63, 3.8) is 0 Å². The van der Waals surface area contributed by atoms with E-state index in [0.717, 1.165) is 0 Å². The summed E-state index contributed by atoms with van der Waals surface area (Å²) in [6, 6.07) is -0.706. The van der Waals surface area contributed by atoms with Gasteiger partial charge in [0.1, 0.15) is 0 Å². The van der Waals surface area contributed by atoms with Crippen molar-refractivity contribution < 1.29 is 9.90 Å². The van der Waals surface area contributed by atoms with Crippen LogP contribution in [0, 0.1) is 0 Å². The van der Waals surface area contributed by atoms with Gasteiger partial charge in [-0.3, -0.25) is 0 Å². The van der Waals surface area contributed by atoms with E-state index < -0.39 is 12.0 Å². The molecule has 0 bridgehead atoms. The highest BCUT2D eigenvalue weighted by Crippen LogP contribution is 1.94. The Balaban J connectivity index is 3.98. The number of hydrogen-bond acceptors (Lipinski definition) is 3. The van der Waals surface area contributed by atoms with Crippen molar-refractivity contribution in [3.05, 3.63) is 0 Å². The predicted octanol–water partition coefficient (Wildman–Crippen LogP) is 0.952. The molecule has 0 unspecified atom stereocenters. The summed E-state index contributed by atoms with van der Waals surface area (Å²) in [7, 11) is 0. The van der Waals surface area contributed by atoms with Crippen LogP contribution in [-0.4, -0.2) is 22.3 Å². The number of nitrogens with zero attached hydrogens (tertiary/aromatic N) is 1. The Morgan fingerprint density at radius 3 is 2.67 bits per heavy atom. The molecule has 0 saturated heterocycles. The third kappa shape index (κ3) is 2.95. The van der Waals surface area contributed by atoms with Crippen LogP contribution in [-0.2, 0) is 4.79 Å². The summed E-state index contributed by atoms with van der Waals surface area (Å²) in [5.74, 6) is -0.949. The molecule has 0 heterocycles. The Labute approximate surface area is 58.4 Å². The minimum absolute atomic E-state index is 0.457. The smallest absolute Gasteiger partial charge is 0.329 e. The molecule has 0 aromatic carbocycles. The molecule has 0 aliphatic carbocycles. The first-order valence-corrected chi connectivity index (χ1v) is 2.93. The van der Waals surface area contributed by atoms with E-state index in [1.807, 2.05) is 5.16 Å². The van der Waals surface area contributed by atoms with Gasteiger partial charge in [-0.15, -0.1) is 0 Å². The highest BCUT2D eigenvalue weighted by atomic mass is 32.1. The monoisotopic (exact) mass is 145 g/mol. The quantitative estimate of drug-likeness (QED) is 0.475. The lowest BCUT2D eigenvalue weighted by Gasteiger charge is -1.97. The molecule has 0 aliphatic heterocycles. The molecule has 3 nitrogen and oxygen atoms in total. The largest absolute Gasteiger partial charge is 0.480 e. The standard InChI is InChI=1S/C5H7NO2S/c1-2-4(5(7)8)6-3-9/h4H,2H2,1H3,(H,7,8)/t4-/m1/s1. The number of carboxylic acids is 1. The van der Waals surface area contributed by atoms with Crippen LogP contribution >= 0.6 is 12.2 Å². The predicted molar refractivity (Wildman–Crippen MR) is 36.7 cm³/mol. The lowest BCUT2D eigenvalue weighted by Crippen LogP contribution is -2.15. The first-order valence-electron chi connectivity index (χ1n) is 2.52. The van der Waals surface area contributed by atoms with Crippen LogP contribution in [0.2, 0.25) is 0 Å². The van der Waals surface area contributed by atoms with E-state index in [1.165, 1.54) is 0 Å². The number of hydrogen-bond donors (Lipinski definition) is 1. The Bertz CT molecular complexity index is 149. The Morgan fingerprint density at radius 2 is 2.56 bits per heavy atom. The third-order valence-electron chi connectivity index (χ3n) is 0.880. The topological polar surface area (TPSA) is 49.7 Å². The summed E-state index contributed by atoms with van der Waals surface area (Å²) in [6.07, 6.45) is 0.457. The lowest BCUT2D eigenvalue weighted by atomic mass is 10.2. The average Bonchev–Trinajstić information content (AvgIpc) is 1.82. The number of carboxylic acid groups (broad SMARTS) is 1. The Kier molecular flexibility index (Phi) is 3.84. The fraction of sp³-hybridized carbons (Fsp3) is 0.600. The highest BCUT2D eigenvalue weighted by molar-refractivity contribution is 7.78. The van der Waals surface area contributed by atoms with Gasteiger partial charge in [-0.25, -0.2) is 9.79 Å². The summed E-state index contributed by atoms with van der Waals surface area (Å²) in [5, 5.41) is 10.4. The van der Waals surface area contributed by atoms with E-state index >= 15 is 0 Å². The van der Waals surface area contributed by atoms with Crippen molar-refractivity contribution in [1.29, 1.82) is 0 Å².